The van der Waals surface area contributed by atoms with Crippen LogP contribution in [0, 0.1) is 0 Å². The third-order valence-electron chi connectivity index (χ3n) is 4.64. The number of esters is 1. The maximum absolute atomic E-state index is 12.2. The van der Waals surface area contributed by atoms with Gasteiger partial charge in [0.15, 0.2) is 5.50 Å². The monoisotopic (exact) mass is 423 g/mol. The fourth-order valence-electron chi connectivity index (χ4n) is 3.18. The lowest BCUT2D eigenvalue weighted by atomic mass is 10.2. The zero-order valence-electron chi connectivity index (χ0n) is 16.8. The number of rotatable bonds is 6. The van der Waals surface area contributed by atoms with Crippen molar-refractivity contribution in [1.82, 2.24) is 5.01 Å². The van der Waals surface area contributed by atoms with Gasteiger partial charge >= 0.3 is 5.97 Å². The number of thioether (sulfide) groups is 1. The van der Waals surface area contributed by atoms with Gasteiger partial charge in [0.1, 0.15) is 23.4 Å². The highest BCUT2D eigenvalue weighted by Gasteiger charge is 2.40. The molecule has 154 valence electrons. The van der Waals surface area contributed by atoms with Crippen molar-refractivity contribution >= 4 is 29.8 Å². The van der Waals surface area contributed by atoms with E-state index in [-0.39, 0.29) is 5.50 Å². The number of carbonyl (C=O) groups excluding carboxylic acids is 1. The Hall–Kier alpha value is -3.39. The molecule has 30 heavy (non-hydrogen) atoms. The highest BCUT2D eigenvalue weighted by molar-refractivity contribution is 8.04. The molecule has 0 saturated heterocycles. The number of hydrogen-bond acceptors (Lipinski definition) is 8. The van der Waals surface area contributed by atoms with Gasteiger partial charge in [-0.15, -0.1) is 0 Å². The number of allylic oxidation sites excluding steroid dienone is 1. The fraction of sp³-hybridized carbons (Fsp3) is 0.182. The maximum Gasteiger partial charge on any atom is 0.342 e. The third kappa shape index (κ3) is 3.73. The molecule has 8 heteroatoms. The molecule has 2 aromatic carbocycles. The van der Waals surface area contributed by atoms with E-state index < -0.39 is 5.97 Å². The van der Waals surface area contributed by atoms with Crippen LogP contribution in [0.25, 0.3) is 0 Å². The van der Waals surface area contributed by atoms with Crippen LogP contribution in [0.5, 0.6) is 11.5 Å². The quantitative estimate of drug-likeness (QED) is 0.385. The molecule has 0 radical (unpaired) electrons. The second kappa shape index (κ2) is 8.54. The molecule has 2 aliphatic heterocycles. The predicted molar refractivity (Wildman–Crippen MR) is 117 cm³/mol. The first-order chi connectivity index (χ1) is 14.6. The van der Waals surface area contributed by atoms with E-state index in [2.05, 4.69) is 5.10 Å². The van der Waals surface area contributed by atoms with E-state index in [1.165, 1.54) is 32.2 Å². The first kappa shape index (κ1) is 19.9. The van der Waals surface area contributed by atoms with E-state index in [4.69, 9.17) is 14.2 Å². The lowest BCUT2D eigenvalue weighted by molar-refractivity contribution is -0.135. The van der Waals surface area contributed by atoms with E-state index >= 15 is 0 Å². The molecular weight excluding hydrogens is 402 g/mol. The summed E-state index contributed by atoms with van der Waals surface area (Å²) in [5.74, 6) is 1.09. The first-order valence-electron chi connectivity index (χ1n) is 9.26. The Bertz CT molecular complexity index is 1020. The van der Waals surface area contributed by atoms with Gasteiger partial charge in [-0.3, -0.25) is 4.90 Å². The van der Waals surface area contributed by atoms with Crippen molar-refractivity contribution in [1.29, 1.82) is 0 Å². The largest absolute Gasteiger partial charge is 0.503 e. The number of nitrogens with zero attached hydrogens (tertiary/aromatic N) is 3. The molecule has 1 unspecified atom stereocenters. The maximum atomic E-state index is 12.2. The van der Waals surface area contributed by atoms with Crippen molar-refractivity contribution < 1.29 is 19.0 Å². The van der Waals surface area contributed by atoms with Gasteiger partial charge in [-0.25, -0.2) is 9.80 Å². The van der Waals surface area contributed by atoms with E-state index in [1.54, 1.807) is 6.34 Å². The summed E-state index contributed by atoms with van der Waals surface area (Å²) in [6, 6.07) is 17.4. The van der Waals surface area contributed by atoms with Crippen LogP contribution in [-0.2, 0) is 14.3 Å². The summed E-state index contributed by atoms with van der Waals surface area (Å²) in [6.07, 6.45) is 3.19. The van der Waals surface area contributed by atoms with Crippen LogP contribution >= 0.6 is 11.8 Å². The Labute approximate surface area is 179 Å². The SMILES string of the molecule is CO/C=C(/C(=O)OC)C1=C(C)N2N=CN(c3ccc(Oc4ccccc4)cc3)C2S1. The van der Waals surface area contributed by atoms with Gasteiger partial charge in [0.2, 0.25) is 0 Å². The zero-order valence-corrected chi connectivity index (χ0v) is 17.6. The van der Waals surface area contributed by atoms with Crippen LogP contribution in [0.1, 0.15) is 6.92 Å². The lowest BCUT2D eigenvalue weighted by Gasteiger charge is -2.24. The van der Waals surface area contributed by atoms with E-state index in [0.29, 0.717) is 5.57 Å². The van der Waals surface area contributed by atoms with Crippen molar-refractivity contribution in [3.63, 3.8) is 0 Å². The van der Waals surface area contributed by atoms with Gasteiger partial charge in [0, 0.05) is 10.6 Å². The van der Waals surface area contributed by atoms with Crippen LogP contribution in [0.15, 0.2) is 82.1 Å². The second-order valence-electron chi connectivity index (χ2n) is 6.51. The zero-order chi connectivity index (χ0) is 21.1. The Balaban J connectivity index is 1.52. The average molecular weight is 423 g/mol. The Morgan fingerprint density at radius 1 is 1.07 bits per heavy atom. The number of anilines is 1. The van der Waals surface area contributed by atoms with E-state index in [1.807, 2.05) is 71.4 Å². The molecule has 0 aromatic heterocycles. The molecule has 2 aliphatic rings. The van der Waals surface area contributed by atoms with Crippen molar-refractivity contribution in [2.24, 2.45) is 5.10 Å². The van der Waals surface area contributed by atoms with Crippen molar-refractivity contribution in [2.75, 3.05) is 19.1 Å². The third-order valence-corrected chi connectivity index (χ3v) is 6.03. The van der Waals surface area contributed by atoms with E-state index in [9.17, 15) is 4.79 Å². The second-order valence-corrected chi connectivity index (χ2v) is 7.57. The van der Waals surface area contributed by atoms with Gasteiger partial charge in [0.25, 0.3) is 0 Å². The number of ether oxygens (including phenoxy) is 3. The molecule has 2 heterocycles. The molecule has 0 amide bonds. The molecule has 1 atom stereocenters. The lowest BCUT2D eigenvalue weighted by Crippen LogP contribution is -2.33. The van der Waals surface area contributed by atoms with Crippen molar-refractivity contribution in [3.05, 3.63) is 77.0 Å². The minimum absolute atomic E-state index is 0.134. The number of benzene rings is 2. The smallest absolute Gasteiger partial charge is 0.342 e. The van der Waals surface area contributed by atoms with Gasteiger partial charge < -0.3 is 14.2 Å². The molecule has 0 bridgehead atoms. The van der Waals surface area contributed by atoms with Gasteiger partial charge in [-0.1, -0.05) is 30.0 Å². The predicted octanol–water partition coefficient (Wildman–Crippen LogP) is 4.51. The van der Waals surface area contributed by atoms with Gasteiger partial charge in [-0.05, 0) is 43.3 Å². The number of para-hydroxylation sites is 1. The van der Waals surface area contributed by atoms with Crippen molar-refractivity contribution in [2.45, 2.75) is 12.4 Å². The minimum Gasteiger partial charge on any atom is -0.503 e. The summed E-state index contributed by atoms with van der Waals surface area (Å²) in [4.78, 5) is 15.0. The van der Waals surface area contributed by atoms with Crippen LogP contribution in [0.2, 0.25) is 0 Å². The number of hydrazone groups is 1. The van der Waals surface area contributed by atoms with Crippen LogP contribution in [-0.4, -0.2) is 37.0 Å². The Morgan fingerprint density at radius 2 is 1.77 bits per heavy atom. The first-order valence-corrected chi connectivity index (χ1v) is 10.1. The summed E-state index contributed by atoms with van der Waals surface area (Å²) < 4.78 is 15.9. The van der Waals surface area contributed by atoms with Crippen molar-refractivity contribution in [3.8, 4) is 11.5 Å². The summed E-state index contributed by atoms with van der Waals surface area (Å²) in [6.45, 7) is 1.92. The molecule has 7 nitrogen and oxygen atoms in total. The number of hydrogen-bond donors (Lipinski definition) is 0. The summed E-state index contributed by atoms with van der Waals surface area (Å²) >= 11 is 1.52. The fourth-order valence-corrected chi connectivity index (χ4v) is 4.52. The normalized spacial score (nSPS) is 18.0. The molecule has 0 spiro atoms. The molecular formula is C22H21N3O4S. The van der Waals surface area contributed by atoms with Crippen LogP contribution in [0.4, 0.5) is 5.69 Å². The van der Waals surface area contributed by atoms with E-state index in [0.717, 1.165) is 27.8 Å². The topological polar surface area (TPSA) is 63.6 Å². The Morgan fingerprint density at radius 3 is 2.43 bits per heavy atom. The summed E-state index contributed by atoms with van der Waals surface area (Å²) in [7, 11) is 2.86. The highest BCUT2D eigenvalue weighted by atomic mass is 32.2. The minimum atomic E-state index is -0.446. The molecule has 0 N–H and O–H groups in total. The summed E-state index contributed by atoms with van der Waals surface area (Å²) in [5, 5.41) is 6.38. The number of methoxy groups -OCH3 is 2. The number of fused-ring (bicyclic) bond motifs is 1. The van der Waals surface area contributed by atoms with Crippen LogP contribution in [0.3, 0.4) is 0 Å². The van der Waals surface area contributed by atoms with Gasteiger partial charge in [-0.2, -0.15) is 5.10 Å². The molecule has 0 aliphatic carbocycles. The molecule has 4 rings (SSSR count). The molecule has 0 fully saturated rings. The molecule has 0 saturated carbocycles. The van der Waals surface area contributed by atoms with Gasteiger partial charge in [0.05, 0.1) is 26.2 Å². The Kier molecular flexibility index (Phi) is 5.67. The average Bonchev–Trinajstić information content (AvgIpc) is 3.33. The summed E-state index contributed by atoms with van der Waals surface area (Å²) in [5.41, 5.74) is 2.06. The number of carbonyl (C=O) groups is 1. The van der Waals surface area contributed by atoms with Crippen LogP contribution < -0.4 is 9.64 Å². The molecule has 2 aromatic rings. The standard InChI is InChI=1S/C22H21N3O4S/c1-15-20(19(13-27-2)21(26)28-3)30-22-24(14-23-25(15)22)16-9-11-18(12-10-16)29-17-7-5-4-6-8-17/h4-14,22H,1-3H3/b19-13+. The highest BCUT2D eigenvalue weighted by Crippen LogP contribution is 2.46.